The fourth-order valence-corrected chi connectivity index (χ4v) is 4.00. The summed E-state index contributed by atoms with van der Waals surface area (Å²) in [5, 5.41) is 9.84. The zero-order chi connectivity index (χ0) is 18.0. The van der Waals surface area contributed by atoms with Crippen molar-refractivity contribution in [1.29, 1.82) is 5.26 Å². The van der Waals surface area contributed by atoms with Crippen LogP contribution in [0.5, 0.6) is 0 Å². The van der Waals surface area contributed by atoms with Crippen molar-refractivity contribution in [3.8, 4) is 6.07 Å². The number of nitriles is 1. The number of carbonyl (C=O) groups excluding carboxylic acids is 1. The highest BCUT2D eigenvalue weighted by atomic mass is 32.2. The van der Waals surface area contributed by atoms with E-state index in [1.54, 1.807) is 24.3 Å². The first-order valence-corrected chi connectivity index (χ1v) is 8.93. The molecular formula is C16H18N4O4S. The summed E-state index contributed by atoms with van der Waals surface area (Å²) in [5.41, 5.74) is 6.28. The number of anilines is 1. The average molecular weight is 362 g/mol. The maximum Gasteiger partial charge on any atom is 0.404 e. The van der Waals surface area contributed by atoms with E-state index in [-0.39, 0.29) is 12.1 Å². The van der Waals surface area contributed by atoms with Gasteiger partial charge < -0.3 is 15.5 Å². The summed E-state index contributed by atoms with van der Waals surface area (Å²) in [6, 6.07) is 8.89. The molecule has 1 aliphatic carbocycles. The minimum Gasteiger partial charge on any atom is -0.446 e. The van der Waals surface area contributed by atoms with Crippen molar-refractivity contribution in [2.45, 2.75) is 37.8 Å². The number of ether oxygens (including phenoxy) is 1. The highest BCUT2D eigenvalue weighted by molar-refractivity contribution is 7.80. The van der Waals surface area contributed by atoms with Gasteiger partial charge in [-0.25, -0.2) is 9.00 Å². The maximum atomic E-state index is 11.9. The topological polar surface area (TPSA) is 132 Å². The summed E-state index contributed by atoms with van der Waals surface area (Å²) in [6.07, 6.45) is 1.32. The molecule has 9 heteroatoms. The molecule has 1 aromatic carbocycles. The molecule has 1 aromatic heterocycles. The molecule has 8 nitrogen and oxygen atoms in total. The minimum absolute atomic E-state index is 0.165. The number of hydrogen-bond donors (Lipinski definition) is 3. The summed E-state index contributed by atoms with van der Waals surface area (Å²) in [4.78, 5) is 13.9. The molecule has 2 aromatic rings. The van der Waals surface area contributed by atoms with Gasteiger partial charge in [-0.05, 0) is 43.9 Å². The van der Waals surface area contributed by atoms with Crippen molar-refractivity contribution >= 4 is 34.1 Å². The lowest BCUT2D eigenvalue weighted by Gasteiger charge is -2.34. The van der Waals surface area contributed by atoms with Crippen LogP contribution in [0, 0.1) is 11.3 Å². The van der Waals surface area contributed by atoms with E-state index >= 15 is 0 Å². The van der Waals surface area contributed by atoms with Gasteiger partial charge in [0.15, 0.2) is 0 Å². The zero-order valence-corrected chi connectivity index (χ0v) is 14.2. The van der Waals surface area contributed by atoms with Crippen LogP contribution in [0.2, 0.25) is 0 Å². The second-order valence-corrected chi connectivity index (χ2v) is 6.85. The second-order valence-electron chi connectivity index (χ2n) is 5.99. The van der Waals surface area contributed by atoms with Crippen molar-refractivity contribution in [1.82, 2.24) is 4.98 Å². The molecule has 1 saturated carbocycles. The Hall–Kier alpha value is -2.57. The number of fused-ring (bicyclic) bond motifs is 1. The normalized spacial score (nSPS) is 21.4. The van der Waals surface area contributed by atoms with Gasteiger partial charge in [0.05, 0.1) is 11.6 Å². The molecule has 1 amide bonds. The van der Waals surface area contributed by atoms with E-state index in [9.17, 15) is 13.6 Å². The number of nitrogens with two attached hydrogens (primary N) is 1. The number of aromatic nitrogens is 1. The van der Waals surface area contributed by atoms with Crippen LogP contribution in [0.25, 0.3) is 10.9 Å². The Morgan fingerprint density at radius 3 is 2.68 bits per heavy atom. The third-order valence-corrected chi connectivity index (χ3v) is 5.23. The van der Waals surface area contributed by atoms with E-state index in [4.69, 9.17) is 15.7 Å². The molecule has 0 radical (unpaired) electrons. The fraction of sp³-hybridized carbons (Fsp3) is 0.375. The minimum atomic E-state index is -2.20. The van der Waals surface area contributed by atoms with Gasteiger partial charge in [-0.1, -0.05) is 6.07 Å². The summed E-state index contributed by atoms with van der Waals surface area (Å²) in [5.74, 6) is 0.519. The van der Waals surface area contributed by atoms with Crippen LogP contribution >= 0.6 is 0 Å². The van der Waals surface area contributed by atoms with Gasteiger partial charge >= 0.3 is 6.09 Å². The highest BCUT2D eigenvalue weighted by Gasteiger charge is 2.31. The zero-order valence-electron chi connectivity index (χ0n) is 13.3. The molecule has 0 bridgehead atoms. The quantitative estimate of drug-likeness (QED) is 0.718. The largest absolute Gasteiger partial charge is 0.446 e. The van der Waals surface area contributed by atoms with Gasteiger partial charge in [0, 0.05) is 16.9 Å². The predicted molar refractivity (Wildman–Crippen MR) is 93.0 cm³/mol. The van der Waals surface area contributed by atoms with Crippen LogP contribution in [-0.2, 0) is 16.0 Å². The van der Waals surface area contributed by atoms with Gasteiger partial charge in [-0.2, -0.15) is 5.26 Å². The number of amides is 1. The van der Waals surface area contributed by atoms with Gasteiger partial charge in [0.2, 0.25) is 0 Å². The lowest BCUT2D eigenvalue weighted by Crippen LogP contribution is -2.41. The third kappa shape index (κ3) is 3.75. The summed E-state index contributed by atoms with van der Waals surface area (Å²) < 4.78 is 28.1. The van der Waals surface area contributed by atoms with E-state index in [1.165, 1.54) is 4.31 Å². The fourth-order valence-electron chi connectivity index (χ4n) is 3.27. The van der Waals surface area contributed by atoms with E-state index in [1.807, 2.05) is 0 Å². The van der Waals surface area contributed by atoms with Crippen molar-refractivity contribution in [3.05, 3.63) is 29.8 Å². The summed E-state index contributed by atoms with van der Waals surface area (Å²) in [6.45, 7) is 0. The number of aromatic amines is 1. The molecule has 3 rings (SSSR count). The Morgan fingerprint density at radius 2 is 2.08 bits per heavy atom. The lowest BCUT2D eigenvalue weighted by atomic mass is 9.93. The van der Waals surface area contributed by atoms with Crippen LogP contribution in [0.3, 0.4) is 0 Å². The molecule has 132 valence electrons. The van der Waals surface area contributed by atoms with E-state index in [2.05, 4.69) is 11.1 Å². The molecule has 0 aliphatic heterocycles. The Labute approximate surface area is 147 Å². The maximum absolute atomic E-state index is 11.9. The monoisotopic (exact) mass is 362 g/mol. The molecule has 1 atom stereocenters. The molecule has 1 unspecified atom stereocenters. The van der Waals surface area contributed by atoms with Crippen molar-refractivity contribution < 1.29 is 18.3 Å². The Balaban J connectivity index is 1.81. The van der Waals surface area contributed by atoms with Gasteiger partial charge in [-0.15, -0.1) is 0 Å². The highest BCUT2D eigenvalue weighted by Crippen LogP contribution is 2.31. The predicted octanol–water partition coefficient (Wildman–Crippen LogP) is 2.39. The summed E-state index contributed by atoms with van der Waals surface area (Å²) >= 11 is -2.20. The van der Waals surface area contributed by atoms with Gasteiger partial charge in [0.25, 0.3) is 11.3 Å². The number of benzene rings is 1. The van der Waals surface area contributed by atoms with E-state index in [0.717, 1.165) is 10.9 Å². The first-order valence-electron chi connectivity index (χ1n) is 7.87. The molecule has 0 spiro atoms. The van der Waals surface area contributed by atoms with Crippen LogP contribution in [0.4, 0.5) is 10.6 Å². The van der Waals surface area contributed by atoms with Crippen LogP contribution in [0.15, 0.2) is 24.3 Å². The average Bonchev–Trinajstić information content (AvgIpc) is 2.98. The van der Waals surface area contributed by atoms with Crippen LogP contribution in [-0.4, -0.2) is 32.0 Å². The Bertz CT molecular complexity index is 851. The van der Waals surface area contributed by atoms with Crippen molar-refractivity contribution in [3.63, 3.8) is 0 Å². The molecular weight excluding hydrogens is 344 g/mol. The lowest BCUT2D eigenvalue weighted by molar-refractivity contribution is 0.0794. The van der Waals surface area contributed by atoms with E-state index < -0.39 is 17.4 Å². The SMILES string of the molecule is N#Cc1ccc2cc(N(C3CCC(OC(N)=O)CC3)S(=O)O)[nH]c2c1. The Kier molecular flexibility index (Phi) is 4.92. The first-order chi connectivity index (χ1) is 12.0. The number of nitrogens with zero attached hydrogens (tertiary/aromatic N) is 2. The Morgan fingerprint density at radius 1 is 1.36 bits per heavy atom. The first kappa shape index (κ1) is 17.3. The number of hydrogen-bond acceptors (Lipinski definition) is 4. The van der Waals surface area contributed by atoms with Crippen molar-refractivity contribution in [2.75, 3.05) is 4.31 Å². The number of rotatable bonds is 4. The number of nitrogens with one attached hydrogen (secondary N) is 1. The van der Waals surface area contributed by atoms with Gasteiger partial charge in [0.1, 0.15) is 11.9 Å². The number of primary amides is 1. The van der Waals surface area contributed by atoms with E-state index in [0.29, 0.717) is 37.1 Å². The molecule has 1 aliphatic rings. The van der Waals surface area contributed by atoms with Crippen molar-refractivity contribution in [2.24, 2.45) is 5.73 Å². The van der Waals surface area contributed by atoms with Crippen LogP contribution < -0.4 is 10.0 Å². The third-order valence-electron chi connectivity index (χ3n) is 4.40. The molecule has 0 saturated heterocycles. The second kappa shape index (κ2) is 7.13. The number of H-pyrrole nitrogens is 1. The van der Waals surface area contributed by atoms with Gasteiger partial charge in [-0.3, -0.25) is 8.86 Å². The molecule has 1 heterocycles. The smallest absolute Gasteiger partial charge is 0.404 e. The standard InChI is InChI=1S/C16H18N4O4S/c17-9-10-1-2-11-8-15(19-14(11)7-10)20(25(22)23)12-3-5-13(6-4-12)24-16(18)21/h1-2,7-8,12-13,19H,3-6H2,(H2,18,21)(H,22,23). The molecule has 25 heavy (non-hydrogen) atoms. The molecule has 4 N–H and O–H groups in total. The number of carbonyl (C=O) groups is 1. The van der Waals surface area contributed by atoms with Crippen LogP contribution in [0.1, 0.15) is 31.2 Å². The molecule has 1 fully saturated rings. The summed E-state index contributed by atoms with van der Waals surface area (Å²) in [7, 11) is 0.